The maximum absolute atomic E-state index is 12.6. The van der Waals surface area contributed by atoms with Crippen LogP contribution in [-0.2, 0) is 6.54 Å². The van der Waals surface area contributed by atoms with Gasteiger partial charge in [0, 0.05) is 12.1 Å². The number of aromatic nitrogens is 3. The number of hydrogen-bond acceptors (Lipinski definition) is 6. The standard InChI is InChI=1S/C16H14N8O2/c1-5-6-7-24-14(25)10(8-17)9(2)11(15(24)26)22-23-16-20-12(18-3)13(19-4)21-16/h25H,5-7H2,1-2H3,(H,20,21). The van der Waals surface area contributed by atoms with Crippen molar-refractivity contribution in [2.24, 2.45) is 10.2 Å². The molecule has 2 aromatic heterocycles. The average molecular weight is 350 g/mol. The SMILES string of the molecule is [C-]#[N+]c1nc(N=Nc2c(C)c(C#N)c(O)n(CCCC)c2=O)[nH]c1[N+]#[C-]. The normalized spacial score (nSPS) is 10.4. The topological polar surface area (TPSA) is 128 Å². The van der Waals surface area contributed by atoms with Crippen LogP contribution in [0.4, 0.5) is 23.3 Å². The minimum Gasteiger partial charge on any atom is -0.493 e. The highest BCUT2D eigenvalue weighted by molar-refractivity contribution is 5.64. The van der Waals surface area contributed by atoms with Gasteiger partial charge in [-0.05, 0) is 13.3 Å². The lowest BCUT2D eigenvalue weighted by Gasteiger charge is -2.12. The molecule has 130 valence electrons. The van der Waals surface area contributed by atoms with E-state index in [0.29, 0.717) is 6.42 Å². The molecule has 10 nitrogen and oxygen atoms in total. The second-order valence-electron chi connectivity index (χ2n) is 5.25. The third kappa shape index (κ3) is 3.28. The molecule has 2 rings (SSSR count). The third-order valence-electron chi connectivity index (χ3n) is 3.62. The zero-order chi connectivity index (χ0) is 19.3. The number of nitriles is 1. The Labute approximate surface area is 148 Å². The Morgan fingerprint density at radius 3 is 2.65 bits per heavy atom. The summed E-state index contributed by atoms with van der Waals surface area (Å²) < 4.78 is 1.08. The molecule has 2 aromatic rings. The summed E-state index contributed by atoms with van der Waals surface area (Å²) in [6.07, 6.45) is 1.43. The van der Waals surface area contributed by atoms with Crippen molar-refractivity contribution in [3.63, 3.8) is 0 Å². The van der Waals surface area contributed by atoms with E-state index in [2.05, 4.69) is 29.9 Å². The summed E-state index contributed by atoms with van der Waals surface area (Å²) in [5.41, 5.74) is -0.564. The number of hydrogen-bond donors (Lipinski definition) is 2. The molecule has 0 aliphatic heterocycles. The Kier molecular flexibility index (Phi) is 5.46. The average Bonchev–Trinajstić information content (AvgIpc) is 3.04. The van der Waals surface area contributed by atoms with Crippen molar-refractivity contribution in [2.75, 3.05) is 0 Å². The monoisotopic (exact) mass is 350 g/mol. The number of unbranched alkanes of at least 4 members (excludes halogenated alkanes) is 1. The number of imidazole rings is 1. The van der Waals surface area contributed by atoms with Crippen LogP contribution in [0.3, 0.4) is 0 Å². The van der Waals surface area contributed by atoms with Crippen LogP contribution in [-0.4, -0.2) is 19.6 Å². The third-order valence-corrected chi connectivity index (χ3v) is 3.62. The second-order valence-corrected chi connectivity index (χ2v) is 5.25. The van der Waals surface area contributed by atoms with Crippen molar-refractivity contribution in [1.82, 2.24) is 14.5 Å². The number of azo groups is 1. The molecule has 0 aliphatic carbocycles. The molecule has 0 unspecified atom stereocenters. The molecule has 0 spiro atoms. The molecule has 0 atom stereocenters. The zero-order valence-electron chi connectivity index (χ0n) is 14.1. The van der Waals surface area contributed by atoms with Crippen molar-refractivity contribution < 1.29 is 5.11 Å². The van der Waals surface area contributed by atoms with E-state index in [-0.39, 0.29) is 40.9 Å². The van der Waals surface area contributed by atoms with E-state index in [1.807, 2.05) is 13.0 Å². The molecule has 0 bridgehead atoms. The molecule has 0 aliphatic rings. The van der Waals surface area contributed by atoms with Gasteiger partial charge in [-0.15, -0.1) is 5.11 Å². The van der Waals surface area contributed by atoms with Crippen molar-refractivity contribution >= 4 is 23.3 Å². The largest absolute Gasteiger partial charge is 0.493 e. The Morgan fingerprint density at radius 2 is 2.12 bits per heavy atom. The fourth-order valence-electron chi connectivity index (χ4n) is 2.22. The number of nitrogens with zero attached hydrogens (tertiary/aromatic N) is 7. The minimum atomic E-state index is -0.585. The Hall–Kier alpha value is -3.97. The van der Waals surface area contributed by atoms with Gasteiger partial charge in [-0.3, -0.25) is 14.3 Å². The van der Waals surface area contributed by atoms with Crippen LogP contribution in [0.5, 0.6) is 5.88 Å². The molecule has 0 saturated carbocycles. The first-order chi connectivity index (χ1) is 12.5. The van der Waals surface area contributed by atoms with Crippen molar-refractivity contribution in [1.29, 1.82) is 5.26 Å². The highest BCUT2D eigenvalue weighted by Gasteiger charge is 2.20. The van der Waals surface area contributed by atoms with Crippen LogP contribution in [0, 0.1) is 31.4 Å². The van der Waals surface area contributed by atoms with E-state index in [4.69, 9.17) is 13.1 Å². The van der Waals surface area contributed by atoms with Crippen LogP contribution in [0.2, 0.25) is 0 Å². The molecule has 0 amide bonds. The lowest BCUT2D eigenvalue weighted by atomic mass is 10.1. The Bertz CT molecular complexity index is 1020. The lowest BCUT2D eigenvalue weighted by Crippen LogP contribution is -2.22. The summed E-state index contributed by atoms with van der Waals surface area (Å²) in [7, 11) is 0. The van der Waals surface area contributed by atoms with Gasteiger partial charge in [0.05, 0.1) is 0 Å². The fourth-order valence-corrected chi connectivity index (χ4v) is 2.22. The van der Waals surface area contributed by atoms with Crippen LogP contribution < -0.4 is 5.56 Å². The van der Waals surface area contributed by atoms with Gasteiger partial charge in [0.2, 0.25) is 5.88 Å². The lowest BCUT2D eigenvalue weighted by molar-refractivity contribution is 0.399. The predicted octanol–water partition coefficient (Wildman–Crippen LogP) is 3.77. The number of rotatable bonds is 5. The fraction of sp³-hybridized carbons (Fsp3) is 0.312. The summed E-state index contributed by atoms with van der Waals surface area (Å²) in [6.45, 7) is 17.6. The molecule has 2 heterocycles. The summed E-state index contributed by atoms with van der Waals surface area (Å²) in [4.78, 5) is 25.1. The van der Waals surface area contributed by atoms with Gasteiger partial charge >= 0.3 is 5.95 Å². The Morgan fingerprint density at radius 1 is 1.38 bits per heavy atom. The van der Waals surface area contributed by atoms with E-state index in [9.17, 15) is 15.2 Å². The highest BCUT2D eigenvalue weighted by atomic mass is 16.3. The van der Waals surface area contributed by atoms with Crippen LogP contribution in [0.1, 0.15) is 30.9 Å². The zero-order valence-corrected chi connectivity index (χ0v) is 14.1. The predicted molar refractivity (Wildman–Crippen MR) is 92.0 cm³/mol. The van der Waals surface area contributed by atoms with Gasteiger partial charge in [0.15, 0.2) is 5.69 Å². The maximum atomic E-state index is 12.6. The van der Waals surface area contributed by atoms with Gasteiger partial charge in [0.25, 0.3) is 17.2 Å². The molecule has 0 radical (unpaired) electrons. The van der Waals surface area contributed by atoms with Crippen LogP contribution in [0.15, 0.2) is 15.0 Å². The number of H-pyrrole nitrogens is 1. The first-order valence-electron chi connectivity index (χ1n) is 7.61. The molecule has 0 fully saturated rings. The molecule has 10 heteroatoms. The van der Waals surface area contributed by atoms with Crippen molar-refractivity contribution in [2.45, 2.75) is 33.2 Å². The summed E-state index contributed by atoms with van der Waals surface area (Å²) in [6, 6.07) is 1.86. The number of aromatic amines is 1. The number of aromatic hydroxyl groups is 1. The van der Waals surface area contributed by atoms with E-state index in [1.54, 1.807) is 0 Å². The first kappa shape index (κ1) is 18.4. The minimum absolute atomic E-state index is 0.0576. The van der Waals surface area contributed by atoms with Gasteiger partial charge in [-0.2, -0.15) is 5.26 Å². The van der Waals surface area contributed by atoms with Crippen LogP contribution in [0.25, 0.3) is 9.69 Å². The van der Waals surface area contributed by atoms with Crippen LogP contribution >= 0.6 is 0 Å². The smallest absolute Gasteiger partial charge is 0.414 e. The van der Waals surface area contributed by atoms with E-state index < -0.39 is 11.4 Å². The van der Waals surface area contributed by atoms with Gasteiger partial charge in [-0.1, -0.05) is 36.6 Å². The summed E-state index contributed by atoms with van der Waals surface area (Å²) in [5.74, 6) is -0.720. The molecular formula is C16H14N8O2. The first-order valence-corrected chi connectivity index (χ1v) is 7.61. The number of nitrogens with one attached hydrogen (secondary N) is 1. The van der Waals surface area contributed by atoms with E-state index in [0.717, 1.165) is 11.0 Å². The molecular weight excluding hydrogens is 336 g/mol. The van der Waals surface area contributed by atoms with E-state index >= 15 is 0 Å². The van der Waals surface area contributed by atoms with Crippen molar-refractivity contribution in [3.05, 3.63) is 44.3 Å². The second kappa shape index (κ2) is 7.73. The molecule has 26 heavy (non-hydrogen) atoms. The van der Waals surface area contributed by atoms with Gasteiger partial charge in [-0.25, -0.2) is 0 Å². The maximum Gasteiger partial charge on any atom is 0.414 e. The van der Waals surface area contributed by atoms with Gasteiger partial charge in [0.1, 0.15) is 11.6 Å². The quantitative estimate of drug-likeness (QED) is 0.628. The van der Waals surface area contributed by atoms with E-state index in [1.165, 1.54) is 6.92 Å². The molecule has 0 saturated heterocycles. The molecule has 0 aromatic carbocycles. The van der Waals surface area contributed by atoms with Gasteiger partial charge < -0.3 is 14.8 Å². The molecule has 2 N–H and O–H groups in total. The number of pyridine rings is 1. The summed E-state index contributed by atoms with van der Waals surface area (Å²) >= 11 is 0. The summed E-state index contributed by atoms with van der Waals surface area (Å²) in [5, 5.41) is 27.1. The van der Waals surface area contributed by atoms with Crippen molar-refractivity contribution in [3.8, 4) is 11.9 Å². The Balaban J connectivity index is 2.58. The highest BCUT2D eigenvalue weighted by Crippen LogP contribution is 2.30.